The van der Waals surface area contributed by atoms with Gasteiger partial charge in [-0.1, -0.05) is 25.8 Å². The van der Waals surface area contributed by atoms with Crippen molar-refractivity contribution in [2.45, 2.75) is 44.9 Å². The zero-order chi connectivity index (χ0) is 17.2. The first kappa shape index (κ1) is 15.7. The van der Waals surface area contributed by atoms with Crippen molar-refractivity contribution in [1.82, 2.24) is 24.7 Å². The first-order valence-electron chi connectivity index (χ1n) is 8.87. The highest BCUT2D eigenvalue weighted by molar-refractivity contribution is 5.60. The molecule has 3 aromatic heterocycles. The Bertz CT molecular complexity index is 922. The van der Waals surface area contributed by atoms with Crippen LogP contribution in [-0.4, -0.2) is 24.7 Å². The van der Waals surface area contributed by atoms with Gasteiger partial charge in [0, 0.05) is 29.4 Å². The topological polar surface area (TPSA) is 76.5 Å². The lowest BCUT2D eigenvalue weighted by molar-refractivity contribution is 0.660. The van der Waals surface area contributed by atoms with E-state index in [1.807, 2.05) is 31.2 Å². The zero-order valence-corrected chi connectivity index (χ0v) is 14.3. The number of aryl methyl sites for hydroxylation is 1. The van der Waals surface area contributed by atoms with E-state index in [0.29, 0.717) is 5.92 Å². The van der Waals surface area contributed by atoms with Crippen molar-refractivity contribution in [2.24, 2.45) is 0 Å². The van der Waals surface area contributed by atoms with E-state index in [-0.39, 0.29) is 5.56 Å². The van der Waals surface area contributed by atoms with Crippen LogP contribution in [-0.2, 0) is 6.42 Å². The zero-order valence-electron chi connectivity index (χ0n) is 14.3. The molecule has 0 atom stereocenters. The van der Waals surface area contributed by atoms with Gasteiger partial charge in [-0.25, -0.2) is 9.97 Å². The molecule has 1 fully saturated rings. The van der Waals surface area contributed by atoms with E-state index in [2.05, 4.69) is 9.97 Å². The molecule has 3 heterocycles. The third kappa shape index (κ3) is 2.99. The molecule has 4 rings (SSSR count). The Kier molecular flexibility index (Phi) is 4.17. The summed E-state index contributed by atoms with van der Waals surface area (Å²) in [6, 6.07) is 9.13. The molecule has 0 radical (unpaired) electrons. The largest absolute Gasteiger partial charge is 0.325 e. The Balaban J connectivity index is 1.89. The first-order chi connectivity index (χ1) is 12.3. The molecular formula is C19H21N5O. The van der Waals surface area contributed by atoms with E-state index < -0.39 is 0 Å². The lowest BCUT2D eigenvalue weighted by Crippen LogP contribution is -2.10. The lowest BCUT2D eigenvalue weighted by atomic mass is 10.1. The minimum Gasteiger partial charge on any atom is -0.325 e. The Hall–Kier alpha value is -2.76. The van der Waals surface area contributed by atoms with Gasteiger partial charge in [0.05, 0.1) is 0 Å². The molecule has 0 saturated heterocycles. The number of pyridine rings is 2. The minimum absolute atomic E-state index is 0.0967. The molecule has 0 spiro atoms. The molecule has 3 aromatic rings. The van der Waals surface area contributed by atoms with Gasteiger partial charge >= 0.3 is 0 Å². The summed E-state index contributed by atoms with van der Waals surface area (Å²) in [4.78, 5) is 23.9. The van der Waals surface area contributed by atoms with E-state index in [9.17, 15) is 4.79 Å². The van der Waals surface area contributed by atoms with Gasteiger partial charge in [-0.3, -0.25) is 4.79 Å². The Morgan fingerprint density at radius 1 is 1.20 bits per heavy atom. The molecule has 6 heteroatoms. The van der Waals surface area contributed by atoms with Gasteiger partial charge in [0.1, 0.15) is 0 Å². The number of nitrogens with zero attached hydrogens (tertiary/aromatic N) is 4. The molecule has 0 aliphatic heterocycles. The highest BCUT2D eigenvalue weighted by Gasteiger charge is 2.25. The maximum absolute atomic E-state index is 11.7. The van der Waals surface area contributed by atoms with Gasteiger partial charge in [-0.15, -0.1) is 5.10 Å². The van der Waals surface area contributed by atoms with Gasteiger partial charge in [-0.05, 0) is 37.5 Å². The summed E-state index contributed by atoms with van der Waals surface area (Å²) in [7, 11) is 0. The molecule has 1 aliphatic rings. The van der Waals surface area contributed by atoms with Crippen LogP contribution >= 0.6 is 0 Å². The van der Waals surface area contributed by atoms with E-state index in [1.165, 1.54) is 12.8 Å². The van der Waals surface area contributed by atoms with Crippen molar-refractivity contribution < 1.29 is 0 Å². The maximum atomic E-state index is 11.7. The summed E-state index contributed by atoms with van der Waals surface area (Å²) in [5.41, 5.74) is 1.68. The third-order valence-electron chi connectivity index (χ3n) is 4.81. The normalized spacial score (nSPS) is 14.9. The van der Waals surface area contributed by atoms with Crippen LogP contribution in [0.1, 0.15) is 50.0 Å². The van der Waals surface area contributed by atoms with Crippen molar-refractivity contribution in [3.05, 3.63) is 58.4 Å². The molecule has 1 saturated carbocycles. The number of rotatable bonds is 4. The summed E-state index contributed by atoms with van der Waals surface area (Å²) in [6.45, 7) is 2.02. The number of nitrogens with one attached hydrogen (secondary N) is 1. The van der Waals surface area contributed by atoms with E-state index in [1.54, 1.807) is 16.9 Å². The fraction of sp³-hybridized carbons (Fsp3) is 0.368. The lowest BCUT2D eigenvalue weighted by Gasteiger charge is -2.08. The maximum Gasteiger partial charge on any atom is 0.248 e. The molecule has 6 nitrogen and oxygen atoms in total. The average molecular weight is 335 g/mol. The number of aromatic nitrogens is 5. The van der Waals surface area contributed by atoms with Crippen LogP contribution in [0.4, 0.5) is 0 Å². The van der Waals surface area contributed by atoms with Gasteiger partial charge in [-0.2, -0.15) is 4.68 Å². The SMILES string of the molecule is CCc1[nH]c(=O)ccc1-c1nc(C2CCCC2)nn1-c1ccccn1. The summed E-state index contributed by atoms with van der Waals surface area (Å²) >= 11 is 0. The first-order valence-corrected chi connectivity index (χ1v) is 8.87. The van der Waals surface area contributed by atoms with Crippen LogP contribution in [0.15, 0.2) is 41.3 Å². The fourth-order valence-corrected chi connectivity index (χ4v) is 3.50. The number of hydrogen-bond acceptors (Lipinski definition) is 4. The van der Waals surface area contributed by atoms with Crippen molar-refractivity contribution >= 4 is 0 Å². The number of hydrogen-bond donors (Lipinski definition) is 1. The predicted molar refractivity (Wildman–Crippen MR) is 95.8 cm³/mol. The molecule has 0 amide bonds. The second-order valence-electron chi connectivity index (χ2n) is 6.44. The quantitative estimate of drug-likeness (QED) is 0.794. The molecule has 0 bridgehead atoms. The van der Waals surface area contributed by atoms with Crippen LogP contribution in [0.3, 0.4) is 0 Å². The van der Waals surface area contributed by atoms with Gasteiger partial charge in [0.15, 0.2) is 17.5 Å². The van der Waals surface area contributed by atoms with Gasteiger partial charge in [0.25, 0.3) is 0 Å². The summed E-state index contributed by atoms with van der Waals surface area (Å²) in [5.74, 6) is 2.78. The third-order valence-corrected chi connectivity index (χ3v) is 4.81. The molecular weight excluding hydrogens is 314 g/mol. The van der Waals surface area contributed by atoms with Crippen LogP contribution in [0.25, 0.3) is 17.2 Å². The summed E-state index contributed by atoms with van der Waals surface area (Å²) in [6.07, 6.45) is 7.22. The Morgan fingerprint density at radius 2 is 2.04 bits per heavy atom. The molecule has 0 aromatic carbocycles. The van der Waals surface area contributed by atoms with Crippen molar-refractivity contribution in [1.29, 1.82) is 0 Å². The smallest absolute Gasteiger partial charge is 0.248 e. The standard InChI is InChI=1S/C19H21N5O/c1-2-15-14(10-11-17(25)21-15)19-22-18(13-7-3-4-8-13)23-24(19)16-9-5-6-12-20-16/h5-6,9-13H,2-4,7-8H2,1H3,(H,21,25). The van der Waals surface area contributed by atoms with Crippen LogP contribution < -0.4 is 5.56 Å². The number of aromatic amines is 1. The molecule has 25 heavy (non-hydrogen) atoms. The minimum atomic E-state index is -0.0967. The van der Waals surface area contributed by atoms with E-state index >= 15 is 0 Å². The highest BCUT2D eigenvalue weighted by atomic mass is 16.1. The predicted octanol–water partition coefficient (Wildman–Crippen LogP) is 3.24. The fourth-order valence-electron chi connectivity index (χ4n) is 3.50. The van der Waals surface area contributed by atoms with Crippen molar-refractivity contribution in [2.75, 3.05) is 0 Å². The second kappa shape index (κ2) is 6.63. The summed E-state index contributed by atoms with van der Waals surface area (Å²) in [5, 5.41) is 4.79. The number of H-pyrrole nitrogens is 1. The van der Waals surface area contributed by atoms with Gasteiger partial charge in [0.2, 0.25) is 5.56 Å². The average Bonchev–Trinajstić information content (AvgIpc) is 3.32. The van der Waals surface area contributed by atoms with Crippen molar-refractivity contribution in [3.8, 4) is 17.2 Å². The molecule has 128 valence electrons. The van der Waals surface area contributed by atoms with Crippen LogP contribution in [0.2, 0.25) is 0 Å². The van der Waals surface area contributed by atoms with Crippen molar-refractivity contribution in [3.63, 3.8) is 0 Å². The molecule has 1 N–H and O–H groups in total. The summed E-state index contributed by atoms with van der Waals surface area (Å²) < 4.78 is 1.81. The second-order valence-corrected chi connectivity index (χ2v) is 6.44. The van der Waals surface area contributed by atoms with Crippen LogP contribution in [0.5, 0.6) is 0 Å². The highest BCUT2D eigenvalue weighted by Crippen LogP contribution is 2.34. The Labute approximate surface area is 146 Å². The molecule has 0 unspecified atom stereocenters. The van der Waals surface area contributed by atoms with E-state index in [4.69, 9.17) is 10.1 Å². The Morgan fingerprint density at radius 3 is 2.76 bits per heavy atom. The molecule has 1 aliphatic carbocycles. The monoisotopic (exact) mass is 335 g/mol. The van der Waals surface area contributed by atoms with Crippen LogP contribution in [0, 0.1) is 0 Å². The van der Waals surface area contributed by atoms with Gasteiger partial charge < -0.3 is 4.98 Å². The van der Waals surface area contributed by atoms with E-state index in [0.717, 1.165) is 48.0 Å².